The lowest BCUT2D eigenvalue weighted by atomic mass is 9.61. The van der Waals surface area contributed by atoms with E-state index in [2.05, 4.69) is 20.8 Å². The van der Waals surface area contributed by atoms with E-state index < -0.39 is 5.60 Å². The van der Waals surface area contributed by atoms with E-state index in [0.717, 1.165) is 23.1 Å². The third-order valence-electron chi connectivity index (χ3n) is 6.11. The van der Waals surface area contributed by atoms with E-state index in [9.17, 15) is 10.2 Å². The van der Waals surface area contributed by atoms with Crippen molar-refractivity contribution in [3.05, 3.63) is 53.1 Å². The van der Waals surface area contributed by atoms with Crippen molar-refractivity contribution in [2.45, 2.75) is 52.1 Å². The fraction of sp³-hybridized carbons (Fsp3) is 0.429. The maximum Gasteiger partial charge on any atom is 0.138 e. The molecule has 0 radical (unpaired) electrons. The van der Waals surface area contributed by atoms with Crippen LogP contribution >= 0.6 is 0 Å². The summed E-state index contributed by atoms with van der Waals surface area (Å²) in [7, 11) is 0. The second kappa shape index (κ2) is 5.44. The van der Waals surface area contributed by atoms with Gasteiger partial charge in [-0.1, -0.05) is 39.0 Å². The molecule has 2 aromatic rings. The third-order valence-corrected chi connectivity index (χ3v) is 6.11. The largest absolute Gasteiger partial charge is 0.508 e. The van der Waals surface area contributed by atoms with E-state index in [1.807, 2.05) is 32.0 Å². The van der Waals surface area contributed by atoms with Crippen LogP contribution in [0, 0.1) is 12.8 Å². The maximum atomic E-state index is 10.5. The molecule has 1 aliphatic heterocycles. The summed E-state index contributed by atoms with van der Waals surface area (Å²) in [6.45, 7) is 10.6. The Balaban J connectivity index is 2.23. The molecule has 2 aromatic carbocycles. The molecule has 0 saturated carbocycles. The molecule has 3 nitrogen and oxygen atoms in total. The lowest BCUT2D eigenvalue weighted by Crippen LogP contribution is -2.50. The van der Waals surface area contributed by atoms with E-state index in [0.29, 0.717) is 5.75 Å². The van der Waals surface area contributed by atoms with Crippen molar-refractivity contribution in [1.82, 2.24) is 0 Å². The zero-order valence-corrected chi connectivity index (χ0v) is 15.1. The van der Waals surface area contributed by atoms with Crippen molar-refractivity contribution >= 4 is 0 Å². The molecule has 3 unspecified atom stereocenters. The zero-order chi connectivity index (χ0) is 17.7. The Morgan fingerprint density at radius 3 is 2.33 bits per heavy atom. The van der Waals surface area contributed by atoms with Gasteiger partial charge in [0.1, 0.15) is 22.8 Å². The highest BCUT2D eigenvalue weighted by atomic mass is 16.5. The van der Waals surface area contributed by atoms with Gasteiger partial charge < -0.3 is 14.9 Å². The molecule has 0 amide bonds. The molecule has 3 heteroatoms. The number of benzene rings is 2. The van der Waals surface area contributed by atoms with Crippen LogP contribution in [-0.2, 0) is 11.0 Å². The molecular formula is C21H26O3. The third kappa shape index (κ3) is 2.26. The van der Waals surface area contributed by atoms with Crippen molar-refractivity contribution in [2.75, 3.05) is 0 Å². The van der Waals surface area contributed by atoms with Gasteiger partial charge in [-0.05, 0) is 38.0 Å². The summed E-state index contributed by atoms with van der Waals surface area (Å²) in [6, 6.07) is 11.1. The van der Waals surface area contributed by atoms with Gasteiger partial charge in [-0.15, -0.1) is 0 Å². The van der Waals surface area contributed by atoms with Crippen molar-refractivity contribution in [2.24, 2.45) is 5.92 Å². The highest BCUT2D eigenvalue weighted by Crippen LogP contribution is 2.55. The van der Waals surface area contributed by atoms with Gasteiger partial charge in [0.2, 0.25) is 0 Å². The molecular weight excluding hydrogens is 300 g/mol. The lowest BCUT2D eigenvalue weighted by Gasteiger charge is -2.51. The van der Waals surface area contributed by atoms with Gasteiger partial charge in [0.25, 0.3) is 0 Å². The SMILES string of the molecule is CCC1(C)c2ccc(O)cc2OC(C)(c2ccc(C)cc2O)C1C. The van der Waals surface area contributed by atoms with Crippen molar-refractivity contribution < 1.29 is 14.9 Å². The second-order valence-electron chi connectivity index (χ2n) is 7.40. The molecule has 0 spiro atoms. The van der Waals surface area contributed by atoms with E-state index >= 15 is 0 Å². The second-order valence-corrected chi connectivity index (χ2v) is 7.40. The minimum absolute atomic E-state index is 0.118. The Kier molecular flexibility index (Phi) is 3.78. The first-order valence-electron chi connectivity index (χ1n) is 8.55. The summed E-state index contributed by atoms with van der Waals surface area (Å²) in [5.41, 5.74) is 2.12. The first kappa shape index (κ1) is 16.7. The number of aromatic hydroxyl groups is 2. The zero-order valence-electron chi connectivity index (χ0n) is 15.1. The molecule has 3 atom stereocenters. The predicted octanol–water partition coefficient (Wildman–Crippen LogP) is 5.02. The summed E-state index contributed by atoms with van der Waals surface area (Å²) < 4.78 is 6.40. The number of hydrogen-bond acceptors (Lipinski definition) is 3. The van der Waals surface area contributed by atoms with Crippen LogP contribution in [0.4, 0.5) is 0 Å². The van der Waals surface area contributed by atoms with Crippen LogP contribution in [0.2, 0.25) is 0 Å². The molecule has 2 N–H and O–H groups in total. The highest BCUT2D eigenvalue weighted by Gasteiger charge is 2.52. The smallest absolute Gasteiger partial charge is 0.138 e. The van der Waals surface area contributed by atoms with Gasteiger partial charge in [0.05, 0.1) is 0 Å². The summed E-state index contributed by atoms with van der Waals surface area (Å²) >= 11 is 0. The van der Waals surface area contributed by atoms with Gasteiger partial charge in [-0.3, -0.25) is 0 Å². The normalized spacial score (nSPS) is 29.0. The van der Waals surface area contributed by atoms with E-state index in [1.54, 1.807) is 18.2 Å². The molecule has 1 aliphatic rings. The van der Waals surface area contributed by atoms with Crippen LogP contribution in [-0.4, -0.2) is 10.2 Å². The predicted molar refractivity (Wildman–Crippen MR) is 95.7 cm³/mol. The first-order valence-corrected chi connectivity index (χ1v) is 8.55. The monoisotopic (exact) mass is 326 g/mol. The lowest BCUT2D eigenvalue weighted by molar-refractivity contribution is -0.0329. The van der Waals surface area contributed by atoms with Gasteiger partial charge in [-0.2, -0.15) is 0 Å². The van der Waals surface area contributed by atoms with Crippen molar-refractivity contribution in [3.63, 3.8) is 0 Å². The number of ether oxygens (including phenoxy) is 1. The summed E-state index contributed by atoms with van der Waals surface area (Å²) in [4.78, 5) is 0. The molecule has 128 valence electrons. The van der Waals surface area contributed by atoms with E-state index in [-0.39, 0.29) is 22.8 Å². The van der Waals surface area contributed by atoms with Crippen LogP contribution in [0.3, 0.4) is 0 Å². The molecule has 0 fully saturated rings. The Hall–Kier alpha value is -2.16. The number of phenols is 2. The van der Waals surface area contributed by atoms with Crippen LogP contribution in [0.25, 0.3) is 0 Å². The molecule has 0 aromatic heterocycles. The molecule has 1 heterocycles. The van der Waals surface area contributed by atoms with Crippen LogP contribution in [0.1, 0.15) is 50.8 Å². The molecule has 0 aliphatic carbocycles. The molecule has 3 rings (SSSR count). The van der Waals surface area contributed by atoms with E-state index in [4.69, 9.17) is 4.74 Å². The summed E-state index contributed by atoms with van der Waals surface area (Å²) in [6.07, 6.45) is 0.942. The number of hydrogen-bond donors (Lipinski definition) is 2. The van der Waals surface area contributed by atoms with Crippen LogP contribution < -0.4 is 4.74 Å². The Bertz CT molecular complexity index is 783. The van der Waals surface area contributed by atoms with E-state index in [1.165, 1.54) is 0 Å². The van der Waals surface area contributed by atoms with Gasteiger partial charge in [0, 0.05) is 28.5 Å². The quantitative estimate of drug-likeness (QED) is 0.815. The summed E-state index contributed by atoms with van der Waals surface area (Å²) in [5.74, 6) is 1.28. The Labute approximate surface area is 143 Å². The fourth-order valence-electron chi connectivity index (χ4n) is 4.07. The first-order chi connectivity index (χ1) is 11.2. The molecule has 24 heavy (non-hydrogen) atoms. The van der Waals surface area contributed by atoms with Gasteiger partial charge >= 0.3 is 0 Å². The van der Waals surface area contributed by atoms with Crippen molar-refractivity contribution in [3.8, 4) is 17.2 Å². The Morgan fingerprint density at radius 1 is 1.04 bits per heavy atom. The van der Waals surface area contributed by atoms with Gasteiger partial charge in [0.15, 0.2) is 0 Å². The standard InChI is InChI=1S/C21H26O3/c1-6-20(4)14(3)21(5,16-9-7-13(2)11-18(16)23)24-19-12-15(22)8-10-17(19)20/h7-12,14,22-23H,6H2,1-5H3. The summed E-state index contributed by atoms with van der Waals surface area (Å²) in [5, 5.41) is 20.4. The maximum absolute atomic E-state index is 10.5. The van der Waals surface area contributed by atoms with Crippen LogP contribution in [0.15, 0.2) is 36.4 Å². The Morgan fingerprint density at radius 2 is 1.71 bits per heavy atom. The van der Waals surface area contributed by atoms with Crippen molar-refractivity contribution in [1.29, 1.82) is 0 Å². The van der Waals surface area contributed by atoms with Crippen LogP contribution in [0.5, 0.6) is 17.2 Å². The number of fused-ring (bicyclic) bond motifs is 1. The molecule has 0 bridgehead atoms. The highest BCUT2D eigenvalue weighted by molar-refractivity contribution is 5.50. The number of phenolic OH excluding ortho intramolecular Hbond substituents is 2. The van der Waals surface area contributed by atoms with Gasteiger partial charge in [-0.25, -0.2) is 0 Å². The number of rotatable bonds is 2. The topological polar surface area (TPSA) is 49.7 Å². The fourth-order valence-corrected chi connectivity index (χ4v) is 4.07. The number of aryl methyl sites for hydroxylation is 1. The minimum Gasteiger partial charge on any atom is -0.508 e. The minimum atomic E-state index is -0.677. The average Bonchev–Trinajstić information content (AvgIpc) is 2.52. The average molecular weight is 326 g/mol. The molecule has 0 saturated heterocycles.